The van der Waals surface area contributed by atoms with E-state index in [2.05, 4.69) is 5.32 Å². The summed E-state index contributed by atoms with van der Waals surface area (Å²) in [5, 5.41) is 1.47. The number of amides is 3. The fourth-order valence-corrected chi connectivity index (χ4v) is 0.902. The number of carbonyl (C=O) groups excluding carboxylic acids is 2. The van der Waals surface area contributed by atoms with E-state index < -0.39 is 17.3 Å². The van der Waals surface area contributed by atoms with Gasteiger partial charge in [0.2, 0.25) is 5.91 Å². The lowest BCUT2D eigenvalue weighted by Gasteiger charge is -2.17. The molecule has 0 aliphatic heterocycles. The molecule has 0 aliphatic carbocycles. The van der Waals surface area contributed by atoms with Gasteiger partial charge in [0.05, 0.1) is 0 Å². The van der Waals surface area contributed by atoms with Crippen LogP contribution < -0.4 is 5.32 Å². The zero-order valence-corrected chi connectivity index (χ0v) is 10.0. The molecule has 0 saturated heterocycles. The molecule has 0 bridgehead atoms. The average Bonchev–Trinajstić information content (AvgIpc) is 2.17. The highest BCUT2D eigenvalue weighted by Crippen LogP contribution is 1.94. The van der Waals surface area contributed by atoms with Gasteiger partial charge in [-0.3, -0.25) is 10.1 Å². The van der Waals surface area contributed by atoms with Crippen molar-refractivity contribution in [1.82, 2.24) is 10.2 Å². The highest BCUT2D eigenvalue weighted by molar-refractivity contribution is 6.31. The maximum Gasteiger partial charge on any atom is 0.323 e. The van der Waals surface area contributed by atoms with Crippen LogP contribution in [0, 0.1) is 0 Å². The van der Waals surface area contributed by atoms with Gasteiger partial charge in [0.15, 0.2) is 0 Å². The number of urea groups is 1. The van der Waals surface area contributed by atoms with Crippen molar-refractivity contribution in [3.63, 3.8) is 0 Å². The Bertz CT molecular complexity index is 221. The van der Waals surface area contributed by atoms with Gasteiger partial charge in [-0.2, -0.15) is 0 Å². The van der Waals surface area contributed by atoms with Gasteiger partial charge in [-0.1, -0.05) is 0 Å². The molecule has 0 aromatic rings. The molecule has 6 heteroatoms. The molecular weight excluding hydrogens is 220 g/mol. The molecule has 88 valence electrons. The molecule has 0 saturated carbocycles. The quantitative estimate of drug-likeness (QED) is 0.568. The van der Waals surface area contributed by atoms with Crippen LogP contribution in [-0.2, 0) is 9.53 Å². The number of methoxy groups -OCH3 is 1. The number of halogens is 1. The molecule has 5 nitrogen and oxygen atoms in total. The second-order valence-electron chi connectivity index (χ2n) is 3.18. The molecule has 3 amide bonds. The molecule has 1 N–H and O–H groups in total. The van der Waals surface area contributed by atoms with Gasteiger partial charge in [-0.25, -0.2) is 4.79 Å². The van der Waals surface area contributed by atoms with E-state index >= 15 is 0 Å². The van der Waals surface area contributed by atoms with E-state index in [0.717, 1.165) is 6.42 Å². The summed E-state index contributed by atoms with van der Waals surface area (Å²) in [6.07, 6.45) is 0.727. The summed E-state index contributed by atoms with van der Waals surface area (Å²) in [6, 6.07) is -0.441. The summed E-state index contributed by atoms with van der Waals surface area (Å²) in [6.45, 7) is 2.62. The van der Waals surface area contributed by atoms with Crippen molar-refractivity contribution in [3.8, 4) is 0 Å². The number of rotatable bonds is 5. The molecule has 1 atom stereocenters. The second-order valence-corrected chi connectivity index (χ2v) is 3.83. The fourth-order valence-electron chi connectivity index (χ4n) is 0.848. The predicted octanol–water partition coefficient (Wildman–Crippen LogP) is 0.818. The lowest BCUT2D eigenvalue weighted by Crippen LogP contribution is -2.43. The highest BCUT2D eigenvalue weighted by Gasteiger charge is 2.15. The smallest absolute Gasteiger partial charge is 0.323 e. The van der Waals surface area contributed by atoms with Crippen LogP contribution in [0.5, 0.6) is 0 Å². The first-order chi connectivity index (χ1) is 6.99. The third-order valence-corrected chi connectivity index (χ3v) is 1.98. The van der Waals surface area contributed by atoms with E-state index in [1.807, 2.05) is 0 Å². The van der Waals surface area contributed by atoms with E-state index in [1.165, 1.54) is 11.8 Å². The summed E-state index contributed by atoms with van der Waals surface area (Å²) >= 11 is 5.50. The van der Waals surface area contributed by atoms with Crippen molar-refractivity contribution < 1.29 is 14.3 Å². The number of ether oxygens (including phenoxy) is 1. The third kappa shape index (κ3) is 6.30. The molecule has 0 spiro atoms. The number of imide groups is 1. The van der Waals surface area contributed by atoms with Gasteiger partial charge in [-0.15, -0.1) is 11.6 Å². The fraction of sp³-hybridized carbons (Fsp3) is 0.778. The van der Waals surface area contributed by atoms with Crippen LogP contribution in [0.3, 0.4) is 0 Å². The van der Waals surface area contributed by atoms with E-state index in [4.69, 9.17) is 16.3 Å². The molecule has 1 unspecified atom stereocenters. The number of nitrogens with one attached hydrogen (secondary N) is 1. The topological polar surface area (TPSA) is 58.6 Å². The summed E-state index contributed by atoms with van der Waals surface area (Å²) in [5.41, 5.74) is 0. The van der Waals surface area contributed by atoms with Gasteiger partial charge in [0.1, 0.15) is 5.38 Å². The Balaban J connectivity index is 3.83. The molecular formula is C9H17ClN2O3. The van der Waals surface area contributed by atoms with Crippen molar-refractivity contribution in [2.75, 3.05) is 27.3 Å². The first kappa shape index (κ1) is 14.2. The minimum absolute atomic E-state index is 0.441. The number of alkyl halides is 1. The highest BCUT2D eigenvalue weighted by atomic mass is 35.5. The molecule has 0 aromatic heterocycles. The maximum atomic E-state index is 11.3. The number of hydrogen-bond donors (Lipinski definition) is 1. The van der Waals surface area contributed by atoms with Gasteiger partial charge in [0.25, 0.3) is 0 Å². The van der Waals surface area contributed by atoms with Crippen LogP contribution in [0.2, 0.25) is 0 Å². The van der Waals surface area contributed by atoms with Gasteiger partial charge in [0, 0.05) is 27.3 Å². The maximum absolute atomic E-state index is 11.3. The van der Waals surface area contributed by atoms with Crippen molar-refractivity contribution in [3.05, 3.63) is 0 Å². The van der Waals surface area contributed by atoms with Gasteiger partial charge >= 0.3 is 6.03 Å². The summed E-state index contributed by atoms with van der Waals surface area (Å²) in [5.74, 6) is -0.486. The summed E-state index contributed by atoms with van der Waals surface area (Å²) in [4.78, 5) is 23.8. The number of carbonyl (C=O) groups is 2. The normalized spacial score (nSPS) is 12.0. The first-order valence-corrected chi connectivity index (χ1v) is 5.11. The Kier molecular flexibility index (Phi) is 7.07. The average molecular weight is 237 g/mol. The SMILES string of the molecule is COCCCN(C)C(=O)NC(=O)C(C)Cl. The first-order valence-electron chi connectivity index (χ1n) is 4.68. The van der Waals surface area contributed by atoms with Crippen molar-refractivity contribution >= 4 is 23.5 Å². The molecule has 0 radical (unpaired) electrons. The van der Waals surface area contributed by atoms with Crippen LogP contribution in [-0.4, -0.2) is 49.5 Å². The van der Waals surface area contributed by atoms with Crippen LogP contribution in [0.4, 0.5) is 4.79 Å². The lowest BCUT2D eigenvalue weighted by molar-refractivity contribution is -0.119. The van der Waals surface area contributed by atoms with Crippen molar-refractivity contribution in [1.29, 1.82) is 0 Å². The van der Waals surface area contributed by atoms with E-state index in [-0.39, 0.29) is 0 Å². The number of hydrogen-bond acceptors (Lipinski definition) is 3. The van der Waals surface area contributed by atoms with Crippen LogP contribution >= 0.6 is 11.6 Å². The third-order valence-electron chi connectivity index (χ3n) is 1.78. The molecule has 15 heavy (non-hydrogen) atoms. The Hall–Kier alpha value is -0.810. The molecule has 0 aromatic carbocycles. The van der Waals surface area contributed by atoms with Crippen LogP contribution in [0.1, 0.15) is 13.3 Å². The Morgan fingerprint density at radius 2 is 2.13 bits per heavy atom. The molecule has 0 fully saturated rings. The molecule has 0 rings (SSSR count). The Morgan fingerprint density at radius 3 is 2.60 bits per heavy atom. The molecule has 0 heterocycles. The van der Waals surface area contributed by atoms with E-state index in [0.29, 0.717) is 13.2 Å². The zero-order valence-electron chi connectivity index (χ0n) is 9.25. The standard InChI is InChI=1S/C9H17ClN2O3/c1-7(10)8(13)11-9(14)12(2)5-4-6-15-3/h7H,4-6H2,1-3H3,(H,11,13,14). The van der Waals surface area contributed by atoms with Crippen LogP contribution in [0.15, 0.2) is 0 Å². The van der Waals surface area contributed by atoms with Crippen molar-refractivity contribution in [2.45, 2.75) is 18.7 Å². The predicted molar refractivity (Wildman–Crippen MR) is 58.0 cm³/mol. The van der Waals surface area contributed by atoms with Gasteiger partial charge in [-0.05, 0) is 13.3 Å². The lowest BCUT2D eigenvalue weighted by atomic mass is 10.4. The number of nitrogens with zero attached hydrogens (tertiary/aromatic N) is 1. The van der Waals surface area contributed by atoms with E-state index in [9.17, 15) is 9.59 Å². The largest absolute Gasteiger partial charge is 0.385 e. The Labute approximate surface area is 94.7 Å². The van der Waals surface area contributed by atoms with E-state index in [1.54, 1.807) is 14.2 Å². The second kappa shape index (κ2) is 7.48. The summed E-state index contributed by atoms with van der Waals surface area (Å²) < 4.78 is 4.84. The van der Waals surface area contributed by atoms with Crippen molar-refractivity contribution in [2.24, 2.45) is 0 Å². The minimum Gasteiger partial charge on any atom is -0.385 e. The summed E-state index contributed by atoms with van der Waals surface area (Å²) in [7, 11) is 3.20. The zero-order chi connectivity index (χ0) is 11.8. The molecule has 0 aliphatic rings. The monoisotopic (exact) mass is 236 g/mol. The Morgan fingerprint density at radius 1 is 1.53 bits per heavy atom. The van der Waals surface area contributed by atoms with Crippen LogP contribution in [0.25, 0.3) is 0 Å². The van der Waals surface area contributed by atoms with Gasteiger partial charge < -0.3 is 9.64 Å². The minimum atomic E-state index is -0.707.